The first-order valence-electron chi connectivity index (χ1n) is 6.72. The number of amides is 1. The lowest BCUT2D eigenvalue weighted by molar-refractivity contribution is 0.0742. The molecule has 0 saturated carbocycles. The van der Waals surface area contributed by atoms with Crippen molar-refractivity contribution < 1.29 is 4.79 Å². The van der Waals surface area contributed by atoms with Crippen LogP contribution in [-0.4, -0.2) is 22.3 Å². The highest BCUT2D eigenvalue weighted by atomic mass is 16.2. The number of nitrogens with zero attached hydrogens (tertiary/aromatic N) is 1. The molecule has 2 rings (SSSR count). The van der Waals surface area contributed by atoms with E-state index in [0.29, 0.717) is 18.7 Å². The van der Waals surface area contributed by atoms with Gasteiger partial charge >= 0.3 is 0 Å². The van der Waals surface area contributed by atoms with Gasteiger partial charge in [0.2, 0.25) is 5.56 Å². The molecule has 0 unspecified atom stereocenters. The van der Waals surface area contributed by atoms with Crippen molar-refractivity contribution in [1.29, 1.82) is 0 Å². The van der Waals surface area contributed by atoms with Gasteiger partial charge in [-0.05, 0) is 18.1 Å². The summed E-state index contributed by atoms with van der Waals surface area (Å²) in [5.74, 6) is -0.0630. The smallest absolute Gasteiger partial charge is 0.255 e. The van der Waals surface area contributed by atoms with Gasteiger partial charge < -0.3 is 9.88 Å². The van der Waals surface area contributed by atoms with E-state index in [1.54, 1.807) is 11.0 Å². The summed E-state index contributed by atoms with van der Waals surface area (Å²) in [6.07, 6.45) is 2.36. The highest BCUT2D eigenvalue weighted by Crippen LogP contribution is 2.09. The molecular formula is C16H18N2O2. The van der Waals surface area contributed by atoms with Crippen LogP contribution in [0.4, 0.5) is 0 Å². The predicted molar refractivity (Wildman–Crippen MR) is 78.5 cm³/mol. The zero-order valence-electron chi connectivity index (χ0n) is 11.5. The quantitative estimate of drug-likeness (QED) is 0.907. The van der Waals surface area contributed by atoms with E-state index in [2.05, 4.69) is 4.98 Å². The number of aromatic nitrogens is 1. The number of aromatic amines is 1. The van der Waals surface area contributed by atoms with E-state index in [0.717, 1.165) is 12.0 Å². The van der Waals surface area contributed by atoms with Gasteiger partial charge in [-0.2, -0.15) is 0 Å². The summed E-state index contributed by atoms with van der Waals surface area (Å²) in [5, 5.41) is 0. The topological polar surface area (TPSA) is 53.2 Å². The SMILES string of the molecule is CCCN(Cc1ccccc1)C(=O)c1ccc(=O)[nH]c1. The zero-order valence-corrected chi connectivity index (χ0v) is 11.5. The molecule has 104 valence electrons. The molecule has 20 heavy (non-hydrogen) atoms. The van der Waals surface area contributed by atoms with Gasteiger partial charge in [0.25, 0.3) is 5.91 Å². The van der Waals surface area contributed by atoms with Crippen molar-refractivity contribution in [3.63, 3.8) is 0 Å². The van der Waals surface area contributed by atoms with Crippen molar-refractivity contribution in [2.75, 3.05) is 6.54 Å². The van der Waals surface area contributed by atoms with E-state index in [9.17, 15) is 9.59 Å². The fraction of sp³-hybridized carbons (Fsp3) is 0.250. The zero-order chi connectivity index (χ0) is 14.4. The number of rotatable bonds is 5. The normalized spacial score (nSPS) is 10.2. The van der Waals surface area contributed by atoms with Crippen molar-refractivity contribution in [2.24, 2.45) is 0 Å². The maximum absolute atomic E-state index is 12.5. The standard InChI is InChI=1S/C16H18N2O2/c1-2-10-18(12-13-6-4-3-5-7-13)16(20)14-8-9-15(19)17-11-14/h3-9,11H,2,10,12H2,1H3,(H,17,19). The van der Waals surface area contributed by atoms with E-state index in [1.165, 1.54) is 12.3 Å². The van der Waals surface area contributed by atoms with Gasteiger partial charge in [0.15, 0.2) is 0 Å². The molecule has 0 fully saturated rings. The van der Waals surface area contributed by atoms with Crippen LogP contribution in [0.25, 0.3) is 0 Å². The number of carbonyl (C=O) groups excluding carboxylic acids is 1. The van der Waals surface area contributed by atoms with Crippen molar-refractivity contribution in [3.8, 4) is 0 Å². The summed E-state index contributed by atoms with van der Waals surface area (Å²) in [4.78, 5) is 27.8. The maximum Gasteiger partial charge on any atom is 0.255 e. The molecule has 0 saturated heterocycles. The molecule has 0 aliphatic heterocycles. The van der Waals surface area contributed by atoms with Crippen LogP contribution in [0.3, 0.4) is 0 Å². The summed E-state index contributed by atoms with van der Waals surface area (Å²) in [6, 6.07) is 12.8. The summed E-state index contributed by atoms with van der Waals surface area (Å²) in [7, 11) is 0. The van der Waals surface area contributed by atoms with Gasteiger partial charge in [-0.1, -0.05) is 37.3 Å². The van der Waals surface area contributed by atoms with Gasteiger partial charge in [-0.3, -0.25) is 9.59 Å². The van der Waals surface area contributed by atoms with Crippen molar-refractivity contribution in [3.05, 3.63) is 70.1 Å². The summed E-state index contributed by atoms with van der Waals surface area (Å²) >= 11 is 0. The molecule has 4 nitrogen and oxygen atoms in total. The van der Waals surface area contributed by atoms with E-state index in [4.69, 9.17) is 0 Å². The Hall–Kier alpha value is -2.36. The lowest BCUT2D eigenvalue weighted by Gasteiger charge is -2.22. The Morgan fingerprint density at radius 2 is 1.90 bits per heavy atom. The summed E-state index contributed by atoms with van der Waals surface area (Å²) in [6.45, 7) is 3.30. The van der Waals surface area contributed by atoms with Crippen LogP contribution in [-0.2, 0) is 6.54 Å². The van der Waals surface area contributed by atoms with Crippen LogP contribution >= 0.6 is 0 Å². The largest absolute Gasteiger partial charge is 0.334 e. The van der Waals surface area contributed by atoms with Gasteiger partial charge in [0.1, 0.15) is 0 Å². The molecule has 0 atom stereocenters. The number of hydrogen-bond donors (Lipinski definition) is 1. The van der Waals surface area contributed by atoms with Gasteiger partial charge in [0, 0.05) is 25.4 Å². The molecule has 0 bridgehead atoms. The number of hydrogen-bond acceptors (Lipinski definition) is 2. The maximum atomic E-state index is 12.5. The Bertz CT molecular complexity index is 599. The number of nitrogens with one attached hydrogen (secondary N) is 1. The average molecular weight is 270 g/mol. The number of benzene rings is 1. The molecule has 0 aliphatic rings. The van der Waals surface area contributed by atoms with Gasteiger partial charge in [0.05, 0.1) is 5.56 Å². The lowest BCUT2D eigenvalue weighted by Crippen LogP contribution is -2.31. The van der Waals surface area contributed by atoms with E-state index < -0.39 is 0 Å². The van der Waals surface area contributed by atoms with Gasteiger partial charge in [-0.25, -0.2) is 0 Å². The first-order chi connectivity index (χ1) is 9.70. The average Bonchev–Trinajstić information content (AvgIpc) is 2.48. The fourth-order valence-corrected chi connectivity index (χ4v) is 2.05. The first-order valence-corrected chi connectivity index (χ1v) is 6.72. The molecule has 1 aromatic heterocycles. The molecule has 0 radical (unpaired) electrons. The molecule has 2 aromatic rings. The number of H-pyrrole nitrogens is 1. The minimum Gasteiger partial charge on any atom is -0.334 e. The van der Waals surface area contributed by atoms with Crippen molar-refractivity contribution >= 4 is 5.91 Å². The number of pyridine rings is 1. The minimum absolute atomic E-state index is 0.0630. The predicted octanol–water partition coefficient (Wildman–Crippen LogP) is 2.43. The summed E-state index contributed by atoms with van der Waals surface area (Å²) in [5.41, 5.74) is 1.40. The summed E-state index contributed by atoms with van der Waals surface area (Å²) < 4.78 is 0. The Kier molecular flexibility index (Phi) is 4.71. The first kappa shape index (κ1) is 14.1. The second kappa shape index (κ2) is 6.70. The molecule has 1 N–H and O–H groups in total. The van der Waals surface area contributed by atoms with Crippen LogP contribution in [0.2, 0.25) is 0 Å². The monoisotopic (exact) mass is 270 g/mol. The third-order valence-electron chi connectivity index (χ3n) is 3.03. The third kappa shape index (κ3) is 3.57. The van der Waals surface area contributed by atoms with Crippen LogP contribution in [0.1, 0.15) is 29.3 Å². The van der Waals surface area contributed by atoms with Crippen molar-refractivity contribution in [1.82, 2.24) is 9.88 Å². The van der Waals surface area contributed by atoms with E-state index in [-0.39, 0.29) is 11.5 Å². The lowest BCUT2D eigenvalue weighted by atomic mass is 10.2. The second-order valence-electron chi connectivity index (χ2n) is 4.65. The van der Waals surface area contributed by atoms with Crippen LogP contribution in [0, 0.1) is 0 Å². The van der Waals surface area contributed by atoms with Crippen LogP contribution in [0.15, 0.2) is 53.5 Å². The fourth-order valence-electron chi connectivity index (χ4n) is 2.05. The van der Waals surface area contributed by atoms with Crippen LogP contribution in [0.5, 0.6) is 0 Å². The highest BCUT2D eigenvalue weighted by Gasteiger charge is 2.15. The Morgan fingerprint density at radius 3 is 2.50 bits per heavy atom. The van der Waals surface area contributed by atoms with E-state index in [1.807, 2.05) is 37.3 Å². The Labute approximate surface area is 118 Å². The molecular weight excluding hydrogens is 252 g/mol. The Morgan fingerprint density at radius 1 is 1.15 bits per heavy atom. The Balaban J connectivity index is 2.17. The molecule has 1 aromatic carbocycles. The third-order valence-corrected chi connectivity index (χ3v) is 3.03. The van der Waals surface area contributed by atoms with E-state index >= 15 is 0 Å². The molecule has 0 spiro atoms. The van der Waals surface area contributed by atoms with Crippen LogP contribution < -0.4 is 5.56 Å². The number of carbonyl (C=O) groups is 1. The van der Waals surface area contributed by atoms with Crippen molar-refractivity contribution in [2.45, 2.75) is 19.9 Å². The highest BCUT2D eigenvalue weighted by molar-refractivity contribution is 5.93. The van der Waals surface area contributed by atoms with Gasteiger partial charge in [-0.15, -0.1) is 0 Å². The molecule has 4 heteroatoms. The molecule has 0 aliphatic carbocycles. The second-order valence-corrected chi connectivity index (χ2v) is 4.65. The minimum atomic E-state index is -0.202. The molecule has 1 heterocycles. The molecule has 1 amide bonds.